The molecule has 0 spiro atoms. The van der Waals surface area contributed by atoms with E-state index in [0.717, 1.165) is 44.6 Å². The molecule has 1 amide bonds. The standard InChI is InChI=1S/C29H30N2O/c32-29-28-17-8-7-15-25(28)21-31(29)26-18-20-30(22-26)19-10-9-16-27(23-11-3-1-4-12-23)24-13-5-2-6-14-24/h1-15,17,26-27H,16,18-22H2/b10-9-. The minimum absolute atomic E-state index is 0.205. The van der Waals surface area contributed by atoms with Crippen LogP contribution in [0.2, 0.25) is 0 Å². The zero-order valence-corrected chi connectivity index (χ0v) is 18.4. The SMILES string of the molecule is O=C1c2ccccc2CN1C1CCN(C/C=C\CC(c2ccccc2)c2ccccc2)C1. The smallest absolute Gasteiger partial charge is 0.254 e. The molecule has 32 heavy (non-hydrogen) atoms. The fourth-order valence-corrected chi connectivity index (χ4v) is 5.10. The van der Waals surface area contributed by atoms with Gasteiger partial charge in [-0.3, -0.25) is 9.69 Å². The average molecular weight is 423 g/mol. The quantitative estimate of drug-likeness (QED) is 0.470. The van der Waals surface area contributed by atoms with Crippen LogP contribution in [-0.2, 0) is 6.54 Å². The number of rotatable bonds is 7. The lowest BCUT2D eigenvalue weighted by molar-refractivity contribution is 0.0708. The maximum Gasteiger partial charge on any atom is 0.254 e. The topological polar surface area (TPSA) is 23.6 Å². The summed E-state index contributed by atoms with van der Waals surface area (Å²) in [6.45, 7) is 3.72. The highest BCUT2D eigenvalue weighted by atomic mass is 16.2. The monoisotopic (exact) mass is 422 g/mol. The minimum atomic E-state index is 0.205. The molecule has 1 saturated heterocycles. The summed E-state index contributed by atoms with van der Waals surface area (Å²) in [7, 11) is 0. The van der Waals surface area contributed by atoms with Crippen molar-refractivity contribution < 1.29 is 4.79 Å². The summed E-state index contributed by atoms with van der Waals surface area (Å²) in [4.78, 5) is 17.3. The van der Waals surface area contributed by atoms with Crippen LogP contribution in [0, 0.1) is 0 Å². The Bertz CT molecular complexity index is 1040. The molecule has 1 atom stereocenters. The second kappa shape index (κ2) is 9.54. The van der Waals surface area contributed by atoms with E-state index >= 15 is 0 Å². The highest BCUT2D eigenvalue weighted by Crippen LogP contribution is 2.29. The van der Waals surface area contributed by atoms with E-state index in [9.17, 15) is 4.79 Å². The Morgan fingerprint density at radius 3 is 2.19 bits per heavy atom. The fourth-order valence-electron chi connectivity index (χ4n) is 5.10. The molecule has 0 aliphatic carbocycles. The number of benzene rings is 3. The van der Waals surface area contributed by atoms with Crippen LogP contribution in [0.5, 0.6) is 0 Å². The molecule has 0 aromatic heterocycles. The van der Waals surface area contributed by atoms with Crippen molar-refractivity contribution in [3.8, 4) is 0 Å². The number of carbonyl (C=O) groups excluding carboxylic acids is 1. The Labute approximate surface area is 191 Å². The molecular weight excluding hydrogens is 392 g/mol. The maximum absolute atomic E-state index is 12.8. The molecule has 3 heteroatoms. The molecule has 2 aliphatic rings. The van der Waals surface area contributed by atoms with Gasteiger partial charge < -0.3 is 4.90 Å². The number of carbonyl (C=O) groups is 1. The molecule has 0 saturated carbocycles. The lowest BCUT2D eigenvalue weighted by Gasteiger charge is -2.24. The van der Waals surface area contributed by atoms with E-state index in [1.807, 2.05) is 18.2 Å². The molecule has 2 heterocycles. The first kappa shape index (κ1) is 20.7. The van der Waals surface area contributed by atoms with E-state index in [0.29, 0.717) is 12.0 Å². The van der Waals surface area contributed by atoms with Gasteiger partial charge in [0.1, 0.15) is 0 Å². The molecule has 0 bridgehead atoms. The zero-order valence-electron chi connectivity index (χ0n) is 18.4. The van der Waals surface area contributed by atoms with Crippen molar-refractivity contribution in [2.75, 3.05) is 19.6 Å². The zero-order chi connectivity index (χ0) is 21.8. The molecular formula is C29H30N2O. The lowest BCUT2D eigenvalue weighted by Crippen LogP contribution is -2.37. The summed E-state index contributed by atoms with van der Waals surface area (Å²) >= 11 is 0. The molecule has 5 rings (SSSR count). The van der Waals surface area contributed by atoms with E-state index in [1.165, 1.54) is 16.7 Å². The third kappa shape index (κ3) is 4.39. The summed E-state index contributed by atoms with van der Waals surface area (Å²) in [6.07, 6.45) is 6.69. The van der Waals surface area contributed by atoms with Gasteiger partial charge in [-0.25, -0.2) is 0 Å². The van der Waals surface area contributed by atoms with E-state index < -0.39 is 0 Å². The van der Waals surface area contributed by atoms with Crippen LogP contribution in [0.4, 0.5) is 0 Å². The molecule has 3 aromatic carbocycles. The highest BCUT2D eigenvalue weighted by molar-refractivity contribution is 5.98. The Balaban J connectivity index is 1.17. The third-order valence-electron chi connectivity index (χ3n) is 6.84. The Morgan fingerprint density at radius 2 is 1.50 bits per heavy atom. The first-order chi connectivity index (χ1) is 15.8. The third-order valence-corrected chi connectivity index (χ3v) is 6.84. The maximum atomic E-state index is 12.8. The van der Waals surface area contributed by atoms with Gasteiger partial charge in [0.25, 0.3) is 5.91 Å². The van der Waals surface area contributed by atoms with E-state index in [4.69, 9.17) is 0 Å². The van der Waals surface area contributed by atoms with Crippen molar-refractivity contribution >= 4 is 5.91 Å². The van der Waals surface area contributed by atoms with Gasteiger partial charge in [-0.2, -0.15) is 0 Å². The van der Waals surface area contributed by atoms with Crippen LogP contribution in [0.15, 0.2) is 97.1 Å². The average Bonchev–Trinajstić information content (AvgIpc) is 3.45. The number of allylic oxidation sites excluding steroid dienone is 1. The minimum Gasteiger partial charge on any atom is -0.330 e. The number of amides is 1. The van der Waals surface area contributed by atoms with Crippen LogP contribution < -0.4 is 0 Å². The number of likely N-dealkylation sites (tertiary alicyclic amines) is 1. The summed E-state index contributed by atoms with van der Waals surface area (Å²) in [5, 5.41) is 0. The van der Waals surface area contributed by atoms with Crippen LogP contribution in [0.1, 0.15) is 45.8 Å². The Kier molecular flexibility index (Phi) is 6.17. The van der Waals surface area contributed by atoms with Gasteiger partial charge in [-0.15, -0.1) is 0 Å². The second-order valence-electron chi connectivity index (χ2n) is 8.87. The Hall–Kier alpha value is -3.17. The molecule has 0 N–H and O–H groups in total. The van der Waals surface area contributed by atoms with Gasteiger partial charge >= 0.3 is 0 Å². The van der Waals surface area contributed by atoms with Crippen LogP contribution in [0.25, 0.3) is 0 Å². The van der Waals surface area contributed by atoms with Crippen molar-refractivity contribution in [3.63, 3.8) is 0 Å². The summed E-state index contributed by atoms with van der Waals surface area (Å²) in [5.41, 5.74) is 4.77. The van der Waals surface area contributed by atoms with Gasteiger partial charge in [-0.05, 0) is 35.6 Å². The predicted molar refractivity (Wildman–Crippen MR) is 130 cm³/mol. The van der Waals surface area contributed by atoms with Gasteiger partial charge in [-0.1, -0.05) is 91.0 Å². The van der Waals surface area contributed by atoms with Gasteiger partial charge in [0.15, 0.2) is 0 Å². The van der Waals surface area contributed by atoms with Gasteiger partial charge in [0, 0.05) is 43.7 Å². The van der Waals surface area contributed by atoms with Crippen LogP contribution in [-0.4, -0.2) is 41.4 Å². The molecule has 1 fully saturated rings. The molecule has 2 aliphatic heterocycles. The molecule has 1 unspecified atom stereocenters. The molecule has 3 aromatic rings. The summed E-state index contributed by atoms with van der Waals surface area (Å²) in [6, 6.07) is 29.9. The van der Waals surface area contributed by atoms with E-state index in [2.05, 4.69) is 88.7 Å². The van der Waals surface area contributed by atoms with Crippen LogP contribution >= 0.6 is 0 Å². The van der Waals surface area contributed by atoms with Crippen molar-refractivity contribution in [1.82, 2.24) is 9.80 Å². The van der Waals surface area contributed by atoms with Gasteiger partial charge in [0.05, 0.1) is 0 Å². The van der Waals surface area contributed by atoms with E-state index in [-0.39, 0.29) is 5.91 Å². The van der Waals surface area contributed by atoms with Gasteiger partial charge in [0.2, 0.25) is 0 Å². The van der Waals surface area contributed by atoms with Crippen molar-refractivity contribution in [1.29, 1.82) is 0 Å². The molecule has 0 radical (unpaired) electrons. The first-order valence-corrected chi connectivity index (χ1v) is 11.7. The number of nitrogens with zero attached hydrogens (tertiary/aromatic N) is 2. The van der Waals surface area contributed by atoms with Crippen molar-refractivity contribution in [3.05, 3.63) is 119 Å². The highest BCUT2D eigenvalue weighted by Gasteiger charge is 2.35. The predicted octanol–water partition coefficient (Wildman–Crippen LogP) is 5.50. The number of fused-ring (bicyclic) bond motifs is 1. The van der Waals surface area contributed by atoms with Crippen molar-refractivity contribution in [2.45, 2.75) is 31.3 Å². The fraction of sp³-hybridized carbons (Fsp3) is 0.276. The number of hydrogen-bond acceptors (Lipinski definition) is 2. The molecule has 3 nitrogen and oxygen atoms in total. The van der Waals surface area contributed by atoms with Crippen molar-refractivity contribution in [2.24, 2.45) is 0 Å². The normalized spacial score (nSPS) is 18.7. The first-order valence-electron chi connectivity index (χ1n) is 11.7. The van der Waals surface area contributed by atoms with E-state index in [1.54, 1.807) is 0 Å². The molecule has 162 valence electrons. The second-order valence-corrected chi connectivity index (χ2v) is 8.87. The lowest BCUT2D eigenvalue weighted by atomic mass is 9.88. The summed E-state index contributed by atoms with van der Waals surface area (Å²) in [5.74, 6) is 0.581. The van der Waals surface area contributed by atoms with Crippen LogP contribution in [0.3, 0.4) is 0 Å². The number of hydrogen-bond donors (Lipinski definition) is 0. The largest absolute Gasteiger partial charge is 0.330 e. The summed E-state index contributed by atoms with van der Waals surface area (Å²) < 4.78 is 0. The Morgan fingerprint density at radius 1 is 0.844 bits per heavy atom.